The molecular weight excluding hydrogens is 330 g/mol. The van der Waals surface area contributed by atoms with Crippen LogP contribution in [0.3, 0.4) is 0 Å². The quantitative estimate of drug-likeness (QED) is 0.842. The standard InChI is InChI=1S/C17H20ClN3O3/c1-10(2)15(17(23)24-4)19-16(22)14-9-13(20-21(14)3)11-7-5-6-8-12(11)18/h5-10,15H,1-4H3,(H,19,22)/t15-/m1/s1. The predicted octanol–water partition coefficient (Wildman–Crippen LogP) is 2.67. The lowest BCUT2D eigenvalue weighted by Crippen LogP contribution is -2.45. The van der Waals surface area contributed by atoms with Gasteiger partial charge in [0.2, 0.25) is 0 Å². The van der Waals surface area contributed by atoms with E-state index in [-0.39, 0.29) is 5.92 Å². The summed E-state index contributed by atoms with van der Waals surface area (Å²) in [5.74, 6) is -0.975. The Hall–Kier alpha value is -2.34. The fraction of sp³-hybridized carbons (Fsp3) is 0.353. The molecule has 1 aromatic carbocycles. The molecule has 24 heavy (non-hydrogen) atoms. The Morgan fingerprint density at radius 2 is 1.96 bits per heavy atom. The molecule has 1 amide bonds. The van der Waals surface area contributed by atoms with Crippen LogP contribution in [0.25, 0.3) is 11.3 Å². The van der Waals surface area contributed by atoms with Crippen molar-refractivity contribution in [2.24, 2.45) is 13.0 Å². The number of carbonyl (C=O) groups is 2. The van der Waals surface area contributed by atoms with Gasteiger partial charge in [-0.25, -0.2) is 4.79 Å². The lowest BCUT2D eigenvalue weighted by Gasteiger charge is -2.19. The van der Waals surface area contributed by atoms with Crippen LogP contribution >= 0.6 is 11.6 Å². The molecule has 7 heteroatoms. The largest absolute Gasteiger partial charge is 0.467 e. The molecule has 0 fully saturated rings. The van der Waals surface area contributed by atoms with E-state index in [0.29, 0.717) is 16.4 Å². The molecule has 1 aromatic heterocycles. The number of aromatic nitrogens is 2. The first-order chi connectivity index (χ1) is 11.3. The summed E-state index contributed by atoms with van der Waals surface area (Å²) in [5.41, 5.74) is 1.66. The summed E-state index contributed by atoms with van der Waals surface area (Å²) in [7, 11) is 2.96. The summed E-state index contributed by atoms with van der Waals surface area (Å²) >= 11 is 6.18. The van der Waals surface area contributed by atoms with Crippen molar-refractivity contribution in [3.05, 3.63) is 41.0 Å². The van der Waals surface area contributed by atoms with Gasteiger partial charge in [-0.2, -0.15) is 5.10 Å². The number of carbonyl (C=O) groups excluding carboxylic acids is 2. The number of ether oxygens (including phenoxy) is 1. The van der Waals surface area contributed by atoms with E-state index in [4.69, 9.17) is 16.3 Å². The normalized spacial score (nSPS) is 12.1. The van der Waals surface area contributed by atoms with Crippen LogP contribution < -0.4 is 5.32 Å². The molecule has 1 heterocycles. The fourth-order valence-corrected chi connectivity index (χ4v) is 2.55. The van der Waals surface area contributed by atoms with E-state index >= 15 is 0 Å². The predicted molar refractivity (Wildman–Crippen MR) is 91.8 cm³/mol. The molecule has 128 valence electrons. The molecule has 0 bridgehead atoms. The van der Waals surface area contributed by atoms with Gasteiger partial charge < -0.3 is 10.1 Å². The SMILES string of the molecule is COC(=O)[C@H](NC(=O)c1cc(-c2ccccc2Cl)nn1C)C(C)C. The van der Waals surface area contributed by atoms with Gasteiger partial charge in [-0.15, -0.1) is 0 Å². The highest BCUT2D eigenvalue weighted by Gasteiger charge is 2.27. The molecule has 0 aliphatic rings. The molecule has 1 atom stereocenters. The summed E-state index contributed by atoms with van der Waals surface area (Å²) in [6.45, 7) is 3.67. The first kappa shape index (κ1) is 18.0. The van der Waals surface area contributed by atoms with Crippen molar-refractivity contribution >= 4 is 23.5 Å². The summed E-state index contributed by atoms with van der Waals surface area (Å²) in [5, 5.41) is 7.58. The van der Waals surface area contributed by atoms with Crippen LogP contribution in [0.1, 0.15) is 24.3 Å². The number of esters is 1. The zero-order chi connectivity index (χ0) is 17.9. The van der Waals surface area contributed by atoms with Crippen molar-refractivity contribution in [3.8, 4) is 11.3 Å². The molecule has 0 spiro atoms. The van der Waals surface area contributed by atoms with Crippen LogP contribution in [0, 0.1) is 5.92 Å². The van der Waals surface area contributed by atoms with E-state index in [1.54, 1.807) is 19.2 Å². The zero-order valence-electron chi connectivity index (χ0n) is 14.0. The summed E-state index contributed by atoms with van der Waals surface area (Å²) in [4.78, 5) is 24.3. The minimum Gasteiger partial charge on any atom is -0.467 e. The minimum absolute atomic E-state index is 0.0994. The number of rotatable bonds is 5. The smallest absolute Gasteiger partial charge is 0.328 e. The maximum absolute atomic E-state index is 12.5. The topological polar surface area (TPSA) is 73.2 Å². The van der Waals surface area contributed by atoms with Gasteiger partial charge >= 0.3 is 5.97 Å². The molecule has 0 aliphatic heterocycles. The zero-order valence-corrected chi connectivity index (χ0v) is 14.8. The molecule has 1 N–H and O–H groups in total. The summed E-state index contributed by atoms with van der Waals surface area (Å²) in [6, 6.07) is 8.19. The van der Waals surface area contributed by atoms with Crippen LogP contribution in [0.15, 0.2) is 30.3 Å². The first-order valence-electron chi connectivity index (χ1n) is 7.52. The Kier molecular flexibility index (Phi) is 5.62. The number of hydrogen-bond donors (Lipinski definition) is 1. The highest BCUT2D eigenvalue weighted by atomic mass is 35.5. The molecule has 2 aromatic rings. The number of hydrogen-bond acceptors (Lipinski definition) is 4. The van der Waals surface area contributed by atoms with Gasteiger partial charge in [-0.1, -0.05) is 43.6 Å². The number of amides is 1. The third-order valence-electron chi connectivity index (χ3n) is 3.67. The van der Waals surface area contributed by atoms with Crippen molar-refractivity contribution in [1.29, 1.82) is 0 Å². The van der Waals surface area contributed by atoms with Crippen molar-refractivity contribution in [2.45, 2.75) is 19.9 Å². The second kappa shape index (κ2) is 7.49. The monoisotopic (exact) mass is 349 g/mol. The number of nitrogens with one attached hydrogen (secondary N) is 1. The highest BCUT2D eigenvalue weighted by molar-refractivity contribution is 6.33. The van der Waals surface area contributed by atoms with Gasteiger partial charge in [-0.3, -0.25) is 9.48 Å². The van der Waals surface area contributed by atoms with Crippen LogP contribution in [-0.4, -0.2) is 34.8 Å². The van der Waals surface area contributed by atoms with E-state index in [0.717, 1.165) is 5.56 Å². The average molecular weight is 350 g/mol. The van der Waals surface area contributed by atoms with E-state index in [9.17, 15) is 9.59 Å². The molecule has 2 rings (SSSR count). The van der Waals surface area contributed by atoms with Gasteiger partial charge in [0.1, 0.15) is 11.7 Å². The first-order valence-corrected chi connectivity index (χ1v) is 7.90. The molecular formula is C17H20ClN3O3. The second-order valence-electron chi connectivity index (χ2n) is 5.74. The number of methoxy groups -OCH3 is 1. The average Bonchev–Trinajstić information content (AvgIpc) is 2.93. The van der Waals surface area contributed by atoms with E-state index < -0.39 is 17.9 Å². The molecule has 0 aliphatic carbocycles. The van der Waals surface area contributed by atoms with Gasteiger partial charge in [0.15, 0.2) is 0 Å². The summed E-state index contributed by atoms with van der Waals surface area (Å²) < 4.78 is 6.20. The lowest BCUT2D eigenvalue weighted by atomic mass is 10.0. The van der Waals surface area contributed by atoms with Crippen molar-refractivity contribution in [1.82, 2.24) is 15.1 Å². The Labute approximate surface area is 145 Å². The Morgan fingerprint density at radius 1 is 1.29 bits per heavy atom. The third kappa shape index (κ3) is 3.76. The Morgan fingerprint density at radius 3 is 2.54 bits per heavy atom. The molecule has 6 nitrogen and oxygen atoms in total. The molecule has 0 radical (unpaired) electrons. The Bertz CT molecular complexity index is 755. The van der Waals surface area contributed by atoms with Crippen molar-refractivity contribution in [3.63, 3.8) is 0 Å². The molecule has 0 saturated heterocycles. The maximum atomic E-state index is 12.5. The lowest BCUT2D eigenvalue weighted by molar-refractivity contribution is -0.144. The Balaban J connectivity index is 2.28. The maximum Gasteiger partial charge on any atom is 0.328 e. The second-order valence-corrected chi connectivity index (χ2v) is 6.14. The minimum atomic E-state index is -0.721. The van der Waals surface area contributed by atoms with Gasteiger partial charge in [0.05, 0.1) is 17.8 Å². The highest BCUT2D eigenvalue weighted by Crippen LogP contribution is 2.26. The number of halogens is 1. The number of aryl methyl sites for hydroxylation is 1. The number of nitrogens with zero attached hydrogens (tertiary/aromatic N) is 2. The van der Waals surface area contributed by atoms with Crippen LogP contribution in [-0.2, 0) is 16.6 Å². The van der Waals surface area contributed by atoms with E-state index in [2.05, 4.69) is 10.4 Å². The molecule has 0 unspecified atom stereocenters. The van der Waals surface area contributed by atoms with Crippen LogP contribution in [0.4, 0.5) is 0 Å². The van der Waals surface area contributed by atoms with Crippen molar-refractivity contribution < 1.29 is 14.3 Å². The fourth-order valence-electron chi connectivity index (χ4n) is 2.32. The third-order valence-corrected chi connectivity index (χ3v) is 4.00. The van der Waals surface area contributed by atoms with Crippen molar-refractivity contribution in [2.75, 3.05) is 7.11 Å². The molecule has 0 saturated carbocycles. The van der Waals surface area contributed by atoms with Gasteiger partial charge in [0, 0.05) is 12.6 Å². The summed E-state index contributed by atoms with van der Waals surface area (Å²) in [6.07, 6.45) is 0. The van der Waals surface area contributed by atoms with Crippen LogP contribution in [0.5, 0.6) is 0 Å². The van der Waals surface area contributed by atoms with E-state index in [1.807, 2.05) is 32.0 Å². The van der Waals surface area contributed by atoms with Gasteiger partial charge in [0.25, 0.3) is 5.91 Å². The van der Waals surface area contributed by atoms with E-state index in [1.165, 1.54) is 11.8 Å². The van der Waals surface area contributed by atoms with Gasteiger partial charge in [-0.05, 0) is 18.1 Å². The van der Waals surface area contributed by atoms with Crippen LogP contribution in [0.2, 0.25) is 5.02 Å². The number of benzene rings is 1.